The summed E-state index contributed by atoms with van der Waals surface area (Å²) >= 11 is 5.99. The van der Waals surface area contributed by atoms with Crippen LogP contribution >= 0.6 is 11.6 Å². The quantitative estimate of drug-likeness (QED) is 0.171. The third-order valence-electron chi connectivity index (χ3n) is 9.25. The van der Waals surface area contributed by atoms with Gasteiger partial charge in [-0.1, -0.05) is 37.1 Å². The van der Waals surface area contributed by atoms with Gasteiger partial charge in [0.25, 0.3) is 5.79 Å². The van der Waals surface area contributed by atoms with Crippen molar-refractivity contribution < 1.29 is 23.8 Å². The number of carbonyl (C=O) groups is 1. The van der Waals surface area contributed by atoms with Crippen molar-refractivity contribution in [3.63, 3.8) is 0 Å². The molecule has 2 aromatic heterocycles. The van der Waals surface area contributed by atoms with Crippen molar-refractivity contribution in [2.75, 3.05) is 13.1 Å². The van der Waals surface area contributed by atoms with E-state index in [2.05, 4.69) is 37.2 Å². The molecular formula is C35H36ClFN6O4. The molecule has 1 saturated heterocycles. The summed E-state index contributed by atoms with van der Waals surface area (Å²) in [6.45, 7) is 7.39. The van der Waals surface area contributed by atoms with Crippen molar-refractivity contribution in [3.05, 3.63) is 100 Å². The molecule has 0 aliphatic carbocycles. The summed E-state index contributed by atoms with van der Waals surface area (Å²) in [5.41, 5.74) is 3.07. The molecule has 0 amide bonds. The number of para-hydroxylation sites is 1. The number of ether oxygens (including phenoxy) is 2. The highest BCUT2D eigenvalue weighted by Gasteiger charge is 2.43. The summed E-state index contributed by atoms with van der Waals surface area (Å²) in [4.78, 5) is 19.2. The largest absolute Gasteiger partial charge is 0.478 e. The van der Waals surface area contributed by atoms with Crippen molar-refractivity contribution in [3.8, 4) is 11.5 Å². The van der Waals surface area contributed by atoms with E-state index in [9.17, 15) is 14.3 Å². The number of imidazole rings is 1. The van der Waals surface area contributed by atoms with Gasteiger partial charge < -0.3 is 23.7 Å². The third-order valence-corrected chi connectivity index (χ3v) is 9.48. The number of aromatic nitrogens is 5. The minimum atomic E-state index is -1.30. The lowest BCUT2D eigenvalue weighted by molar-refractivity contribution is -0.0712. The first kappa shape index (κ1) is 31.1. The molecule has 0 spiro atoms. The van der Waals surface area contributed by atoms with Crippen LogP contribution in [0.3, 0.4) is 0 Å². The minimum absolute atomic E-state index is 0.218. The van der Waals surface area contributed by atoms with Crippen molar-refractivity contribution in [2.45, 2.75) is 70.9 Å². The fraction of sp³-hybridized carbons (Fsp3) is 0.371. The number of likely N-dealkylation sites (tertiary alicyclic amines) is 1. The number of halogens is 2. The Balaban J connectivity index is 1.10. The van der Waals surface area contributed by atoms with Gasteiger partial charge in [-0.15, -0.1) is 10.2 Å². The number of rotatable bonds is 10. The lowest BCUT2D eigenvalue weighted by atomic mass is 9.88. The third kappa shape index (κ3) is 6.05. The maximum Gasteiger partial charge on any atom is 0.335 e. The zero-order valence-electron chi connectivity index (χ0n) is 26.3. The van der Waals surface area contributed by atoms with Gasteiger partial charge in [0, 0.05) is 24.1 Å². The topological polar surface area (TPSA) is 108 Å². The highest BCUT2D eigenvalue weighted by atomic mass is 35.5. The molecule has 1 unspecified atom stereocenters. The van der Waals surface area contributed by atoms with Gasteiger partial charge in [-0.3, -0.25) is 4.90 Å². The van der Waals surface area contributed by atoms with E-state index in [-0.39, 0.29) is 11.5 Å². The van der Waals surface area contributed by atoms with Crippen molar-refractivity contribution in [1.82, 2.24) is 29.2 Å². The fourth-order valence-electron chi connectivity index (χ4n) is 6.70. The number of aryl methyl sites for hydroxylation is 1. The first-order chi connectivity index (χ1) is 22.7. The Kier molecular flexibility index (Phi) is 8.36. The predicted octanol–water partition coefficient (Wildman–Crippen LogP) is 6.99. The van der Waals surface area contributed by atoms with Crippen LogP contribution in [0.25, 0.3) is 11.0 Å². The SMILES string of the molecule is CCCCn1cnnc1Cn1c(CN2CCC(c3cccc4c3OC(C)(c3ccc(Cl)cc3F)O4)CC2)nc2ccc(C(=O)O)cc21. The maximum atomic E-state index is 14.9. The predicted molar refractivity (Wildman–Crippen MR) is 174 cm³/mol. The second-order valence-electron chi connectivity index (χ2n) is 12.4. The van der Waals surface area contributed by atoms with Gasteiger partial charge in [-0.25, -0.2) is 14.2 Å². The van der Waals surface area contributed by atoms with E-state index in [0.717, 1.165) is 73.6 Å². The maximum absolute atomic E-state index is 14.9. The molecule has 5 aromatic rings. The van der Waals surface area contributed by atoms with Crippen LogP contribution in [0.1, 0.15) is 78.6 Å². The summed E-state index contributed by atoms with van der Waals surface area (Å²) in [5.74, 6) is 0.399. The smallest absolute Gasteiger partial charge is 0.335 e. The van der Waals surface area contributed by atoms with E-state index in [4.69, 9.17) is 26.1 Å². The van der Waals surface area contributed by atoms with Crippen LogP contribution in [-0.2, 0) is 25.4 Å². The van der Waals surface area contributed by atoms with Gasteiger partial charge >= 0.3 is 5.97 Å². The first-order valence-electron chi connectivity index (χ1n) is 16.0. The Hall–Kier alpha value is -4.48. The Morgan fingerprint density at radius 2 is 1.91 bits per heavy atom. The molecule has 0 bridgehead atoms. The number of fused-ring (bicyclic) bond motifs is 2. The lowest BCUT2D eigenvalue weighted by Gasteiger charge is -2.32. The molecule has 7 rings (SSSR count). The zero-order chi connectivity index (χ0) is 32.7. The number of carboxylic acids is 1. The Labute approximate surface area is 276 Å². The van der Waals surface area contributed by atoms with Crippen LogP contribution in [0.2, 0.25) is 5.02 Å². The standard InChI is InChI=1S/C35H36ClFN6O4/c1-3-4-14-42-21-38-40-32(42)20-43-29-17-23(34(44)45)8-11-28(29)39-31(43)19-41-15-12-22(13-16-41)25-6-5-7-30-33(25)47-35(2,46-30)26-10-9-24(36)18-27(26)37/h5-11,17-18,21-22H,3-4,12-16,19-20H2,1-2H3,(H,44,45). The number of aromatic carboxylic acids is 1. The highest BCUT2D eigenvalue weighted by Crippen LogP contribution is 2.50. The zero-order valence-corrected chi connectivity index (χ0v) is 27.1. The van der Waals surface area contributed by atoms with Crippen molar-refractivity contribution >= 4 is 28.6 Å². The molecule has 2 aliphatic rings. The Bertz CT molecular complexity index is 1950. The van der Waals surface area contributed by atoms with Crippen LogP contribution in [0.5, 0.6) is 11.5 Å². The normalized spacial score (nSPS) is 18.3. The molecule has 3 aromatic carbocycles. The van der Waals surface area contributed by atoms with Crippen LogP contribution in [0.4, 0.5) is 4.39 Å². The monoisotopic (exact) mass is 658 g/mol. The summed E-state index contributed by atoms with van der Waals surface area (Å²) in [6.07, 6.45) is 5.60. The van der Waals surface area contributed by atoms with Crippen LogP contribution < -0.4 is 9.47 Å². The Morgan fingerprint density at radius 1 is 1.09 bits per heavy atom. The number of unbranched alkanes of at least 4 members (excludes halogenated alkanes) is 1. The number of hydrogen-bond donors (Lipinski definition) is 1. The van der Waals surface area contributed by atoms with Gasteiger partial charge in [0.2, 0.25) is 0 Å². The van der Waals surface area contributed by atoms with E-state index in [1.54, 1.807) is 43.6 Å². The molecule has 10 nitrogen and oxygen atoms in total. The average molecular weight is 659 g/mol. The van der Waals surface area contributed by atoms with E-state index in [1.807, 2.05) is 12.1 Å². The summed E-state index contributed by atoms with van der Waals surface area (Å²) < 4.78 is 31.6. The van der Waals surface area contributed by atoms with Crippen LogP contribution in [0, 0.1) is 5.82 Å². The average Bonchev–Trinajstić information content (AvgIpc) is 3.75. The first-order valence-corrected chi connectivity index (χ1v) is 16.4. The molecule has 12 heteroatoms. The van der Waals surface area contributed by atoms with E-state index < -0.39 is 17.6 Å². The molecule has 2 aliphatic heterocycles. The highest BCUT2D eigenvalue weighted by molar-refractivity contribution is 6.30. The van der Waals surface area contributed by atoms with E-state index in [1.165, 1.54) is 6.07 Å². The van der Waals surface area contributed by atoms with E-state index >= 15 is 0 Å². The second kappa shape index (κ2) is 12.6. The number of piperidine rings is 1. The van der Waals surface area contributed by atoms with Crippen LogP contribution in [-0.4, -0.2) is 53.4 Å². The molecule has 0 saturated carbocycles. The fourth-order valence-corrected chi connectivity index (χ4v) is 6.86. The molecule has 4 heterocycles. The summed E-state index contributed by atoms with van der Waals surface area (Å²) in [6, 6.07) is 15.4. The summed E-state index contributed by atoms with van der Waals surface area (Å²) in [5, 5.41) is 18.5. The second-order valence-corrected chi connectivity index (χ2v) is 12.9. The van der Waals surface area contributed by atoms with Gasteiger partial charge in [0.15, 0.2) is 17.3 Å². The molecule has 0 radical (unpaired) electrons. The molecule has 1 atom stereocenters. The van der Waals surface area contributed by atoms with Crippen molar-refractivity contribution in [1.29, 1.82) is 0 Å². The van der Waals surface area contributed by atoms with Crippen molar-refractivity contribution in [2.24, 2.45) is 0 Å². The van der Waals surface area contributed by atoms with E-state index in [0.29, 0.717) is 35.2 Å². The number of nitrogens with zero attached hydrogens (tertiary/aromatic N) is 6. The molecule has 1 N–H and O–H groups in total. The van der Waals surface area contributed by atoms with Crippen LogP contribution in [0.15, 0.2) is 60.9 Å². The molecule has 1 fully saturated rings. The summed E-state index contributed by atoms with van der Waals surface area (Å²) in [7, 11) is 0. The lowest BCUT2D eigenvalue weighted by Crippen LogP contribution is -2.34. The Morgan fingerprint density at radius 3 is 2.68 bits per heavy atom. The van der Waals surface area contributed by atoms with Gasteiger partial charge in [-0.2, -0.15) is 0 Å². The number of hydrogen-bond acceptors (Lipinski definition) is 7. The van der Waals surface area contributed by atoms with Gasteiger partial charge in [0.05, 0.1) is 35.2 Å². The van der Waals surface area contributed by atoms with Gasteiger partial charge in [-0.05, 0) is 80.7 Å². The van der Waals surface area contributed by atoms with Gasteiger partial charge in [0.1, 0.15) is 18.0 Å². The number of carboxylic acid groups (broad SMARTS) is 1. The number of benzene rings is 3. The molecule has 47 heavy (non-hydrogen) atoms. The molecule has 244 valence electrons. The molecular weight excluding hydrogens is 623 g/mol. The minimum Gasteiger partial charge on any atom is -0.478 e.